The zero-order valence-electron chi connectivity index (χ0n) is 11.6. The molecule has 116 valence electrons. The highest BCUT2D eigenvalue weighted by molar-refractivity contribution is 8.18. The van der Waals surface area contributed by atoms with E-state index in [-0.39, 0.29) is 16.7 Å². The topological polar surface area (TPSA) is 61.7 Å². The number of nitrogens with zero attached hydrogens (tertiary/aromatic N) is 1. The van der Waals surface area contributed by atoms with Crippen molar-refractivity contribution in [1.82, 2.24) is 5.32 Å². The summed E-state index contributed by atoms with van der Waals surface area (Å²) in [6, 6.07) is 11.9. The Morgan fingerprint density at radius 1 is 1.13 bits per heavy atom. The number of benzene rings is 2. The second-order valence-electron chi connectivity index (χ2n) is 4.64. The molecule has 0 aromatic heterocycles. The predicted octanol–water partition coefficient (Wildman–Crippen LogP) is 4.59. The molecule has 2 N–H and O–H groups in total. The number of carbonyl (C=O) groups excluding carboxylic acids is 1. The highest BCUT2D eigenvalue weighted by Gasteiger charge is 2.24. The average molecular weight is 365 g/mol. The lowest BCUT2D eigenvalue weighted by Crippen LogP contribution is -2.19. The molecule has 23 heavy (non-hydrogen) atoms. The van der Waals surface area contributed by atoms with Crippen LogP contribution in [0.1, 0.15) is 5.56 Å². The Kier molecular flexibility index (Phi) is 4.61. The fraction of sp³-hybridized carbons (Fsp3) is 0. The van der Waals surface area contributed by atoms with Crippen LogP contribution in [0.3, 0.4) is 0 Å². The van der Waals surface area contributed by atoms with E-state index < -0.39 is 0 Å². The van der Waals surface area contributed by atoms with E-state index in [9.17, 15) is 9.90 Å². The third-order valence-electron chi connectivity index (χ3n) is 2.99. The Balaban J connectivity index is 1.86. The molecule has 1 amide bonds. The van der Waals surface area contributed by atoms with Crippen molar-refractivity contribution in [3.63, 3.8) is 0 Å². The molecule has 1 heterocycles. The molecule has 0 aliphatic carbocycles. The van der Waals surface area contributed by atoms with E-state index in [4.69, 9.17) is 23.2 Å². The second-order valence-corrected chi connectivity index (χ2v) is 6.49. The van der Waals surface area contributed by atoms with Crippen LogP contribution in [0.15, 0.2) is 52.4 Å². The van der Waals surface area contributed by atoms with E-state index in [1.165, 1.54) is 17.8 Å². The quantitative estimate of drug-likeness (QED) is 0.766. The van der Waals surface area contributed by atoms with Crippen LogP contribution < -0.4 is 5.32 Å². The molecular formula is C16H10Cl2N2O2S. The maximum atomic E-state index is 12.0. The van der Waals surface area contributed by atoms with Crippen LogP contribution in [0.2, 0.25) is 10.0 Å². The number of hydrogen-bond acceptors (Lipinski definition) is 4. The molecule has 0 spiro atoms. The molecule has 4 nitrogen and oxygen atoms in total. The number of rotatable bonds is 2. The van der Waals surface area contributed by atoms with Gasteiger partial charge in [-0.1, -0.05) is 41.4 Å². The summed E-state index contributed by atoms with van der Waals surface area (Å²) in [6.45, 7) is 0. The molecule has 0 radical (unpaired) electrons. The third kappa shape index (κ3) is 3.69. The summed E-state index contributed by atoms with van der Waals surface area (Å²) < 4.78 is 0. The van der Waals surface area contributed by atoms with Crippen molar-refractivity contribution in [3.05, 3.63) is 63.0 Å². The molecule has 0 atom stereocenters. The van der Waals surface area contributed by atoms with Gasteiger partial charge in [-0.25, -0.2) is 4.99 Å². The van der Waals surface area contributed by atoms with Crippen LogP contribution in [-0.2, 0) is 4.79 Å². The van der Waals surface area contributed by atoms with Gasteiger partial charge in [0.1, 0.15) is 5.75 Å². The lowest BCUT2D eigenvalue weighted by atomic mass is 10.2. The monoisotopic (exact) mass is 364 g/mol. The minimum Gasteiger partial charge on any atom is -0.506 e. The van der Waals surface area contributed by atoms with Gasteiger partial charge in [-0.3, -0.25) is 4.79 Å². The van der Waals surface area contributed by atoms with Crippen molar-refractivity contribution >= 4 is 57.8 Å². The number of para-hydroxylation sites is 1. The van der Waals surface area contributed by atoms with Crippen molar-refractivity contribution in [2.45, 2.75) is 0 Å². The van der Waals surface area contributed by atoms with Gasteiger partial charge in [0.2, 0.25) is 0 Å². The van der Waals surface area contributed by atoms with Crippen molar-refractivity contribution in [2.75, 3.05) is 0 Å². The SMILES string of the molecule is O=C1NC(=Nc2ccccc2Cl)SC1=Cc1ccc(O)c(Cl)c1. The highest BCUT2D eigenvalue weighted by atomic mass is 35.5. The van der Waals surface area contributed by atoms with E-state index in [1.54, 1.807) is 30.3 Å². The first kappa shape index (κ1) is 15.9. The first-order valence-corrected chi connectivity index (χ1v) is 8.13. The van der Waals surface area contributed by atoms with Crippen LogP contribution in [-0.4, -0.2) is 16.2 Å². The number of phenols is 1. The fourth-order valence-corrected chi connectivity index (χ4v) is 3.10. The van der Waals surface area contributed by atoms with Crippen LogP contribution in [0, 0.1) is 0 Å². The van der Waals surface area contributed by atoms with E-state index >= 15 is 0 Å². The van der Waals surface area contributed by atoms with Crippen LogP contribution in [0.25, 0.3) is 6.08 Å². The predicted molar refractivity (Wildman–Crippen MR) is 95.4 cm³/mol. The number of phenolic OH excluding ortho intramolecular Hbond substituents is 1. The fourth-order valence-electron chi connectivity index (χ4n) is 1.90. The molecule has 0 unspecified atom stereocenters. The summed E-state index contributed by atoms with van der Waals surface area (Å²) in [5.74, 6) is -0.247. The van der Waals surface area contributed by atoms with E-state index in [1.807, 2.05) is 12.1 Å². The summed E-state index contributed by atoms with van der Waals surface area (Å²) in [5.41, 5.74) is 1.30. The molecule has 3 rings (SSSR count). The van der Waals surface area contributed by atoms with Crippen LogP contribution in [0.5, 0.6) is 5.75 Å². The lowest BCUT2D eigenvalue weighted by molar-refractivity contribution is -0.115. The Hall–Kier alpha value is -1.95. The number of carbonyl (C=O) groups is 1. The third-order valence-corrected chi connectivity index (χ3v) is 4.53. The zero-order chi connectivity index (χ0) is 16.4. The minimum absolute atomic E-state index is 0.00156. The maximum absolute atomic E-state index is 12.0. The highest BCUT2D eigenvalue weighted by Crippen LogP contribution is 2.32. The van der Waals surface area contributed by atoms with Gasteiger partial charge in [-0.2, -0.15) is 0 Å². The smallest absolute Gasteiger partial charge is 0.264 e. The van der Waals surface area contributed by atoms with Crippen LogP contribution in [0.4, 0.5) is 5.69 Å². The number of nitrogens with one attached hydrogen (secondary N) is 1. The van der Waals surface area contributed by atoms with Gasteiger partial charge in [0.05, 0.1) is 20.6 Å². The van der Waals surface area contributed by atoms with Crippen molar-refractivity contribution < 1.29 is 9.90 Å². The summed E-state index contributed by atoms with van der Waals surface area (Å²) in [6.07, 6.45) is 1.68. The molecule has 2 aromatic carbocycles. The number of halogens is 2. The summed E-state index contributed by atoms with van der Waals surface area (Å²) >= 11 is 13.1. The second kappa shape index (κ2) is 6.66. The Morgan fingerprint density at radius 2 is 1.91 bits per heavy atom. The summed E-state index contributed by atoms with van der Waals surface area (Å²) in [4.78, 5) is 16.8. The molecule has 1 aliphatic heterocycles. The van der Waals surface area contributed by atoms with E-state index in [2.05, 4.69) is 10.3 Å². The van der Waals surface area contributed by atoms with Gasteiger partial charge < -0.3 is 10.4 Å². The first-order valence-electron chi connectivity index (χ1n) is 6.55. The van der Waals surface area contributed by atoms with Gasteiger partial charge >= 0.3 is 0 Å². The number of aliphatic imine (C=N–C) groups is 1. The van der Waals surface area contributed by atoms with Crippen molar-refractivity contribution in [1.29, 1.82) is 0 Å². The van der Waals surface area contributed by atoms with Gasteiger partial charge in [-0.15, -0.1) is 0 Å². The Labute approximate surface area is 146 Å². The number of thioether (sulfide) groups is 1. The number of hydrogen-bond donors (Lipinski definition) is 2. The standard InChI is InChI=1S/C16H10Cl2N2O2S/c17-10-3-1-2-4-12(10)19-16-20-15(22)14(23-16)8-9-5-6-13(21)11(18)7-9/h1-8,21H,(H,19,20,22). The van der Waals surface area contributed by atoms with Gasteiger partial charge in [0, 0.05) is 0 Å². The molecule has 7 heteroatoms. The number of aromatic hydroxyl groups is 1. The van der Waals surface area contributed by atoms with Crippen LogP contribution >= 0.6 is 35.0 Å². The van der Waals surface area contributed by atoms with Gasteiger partial charge in [0.25, 0.3) is 5.91 Å². The van der Waals surface area contributed by atoms with Gasteiger partial charge in [-0.05, 0) is 47.7 Å². The minimum atomic E-state index is -0.245. The molecular weight excluding hydrogens is 355 g/mol. The first-order chi connectivity index (χ1) is 11.0. The Morgan fingerprint density at radius 3 is 2.65 bits per heavy atom. The zero-order valence-corrected chi connectivity index (χ0v) is 13.9. The van der Waals surface area contributed by atoms with E-state index in [0.717, 1.165) is 0 Å². The summed E-state index contributed by atoms with van der Waals surface area (Å²) in [5, 5.41) is 13.3. The van der Waals surface area contributed by atoms with Crippen molar-refractivity contribution in [2.24, 2.45) is 4.99 Å². The van der Waals surface area contributed by atoms with E-state index in [0.29, 0.717) is 26.3 Å². The molecule has 1 fully saturated rings. The molecule has 0 saturated carbocycles. The average Bonchev–Trinajstić information content (AvgIpc) is 2.85. The molecule has 1 saturated heterocycles. The number of amides is 1. The van der Waals surface area contributed by atoms with Crippen molar-refractivity contribution in [3.8, 4) is 5.75 Å². The molecule has 2 aromatic rings. The summed E-state index contributed by atoms with van der Waals surface area (Å²) in [7, 11) is 0. The largest absolute Gasteiger partial charge is 0.506 e. The Bertz CT molecular complexity index is 850. The van der Waals surface area contributed by atoms with Gasteiger partial charge in [0.15, 0.2) is 5.17 Å². The maximum Gasteiger partial charge on any atom is 0.264 e. The molecule has 1 aliphatic rings. The normalized spacial score (nSPS) is 17.7. The lowest BCUT2D eigenvalue weighted by Gasteiger charge is -1.99. The number of amidine groups is 1. The molecule has 0 bridgehead atoms.